The van der Waals surface area contributed by atoms with Gasteiger partial charge in [0.05, 0.1) is 32.0 Å². The van der Waals surface area contributed by atoms with Crippen molar-refractivity contribution in [2.24, 2.45) is 0 Å². The van der Waals surface area contributed by atoms with Gasteiger partial charge in [-0.1, -0.05) is 13.3 Å². The third-order valence-electron chi connectivity index (χ3n) is 2.65. The van der Waals surface area contributed by atoms with E-state index in [4.69, 9.17) is 14.2 Å². The standard InChI is InChI=1S/C15H33NO4/c1-4-5-8-18-9-6-7-16-12-15(17)13-19-10-11-20-14(2)3/h14-17H,4-13H2,1-3H3. The van der Waals surface area contributed by atoms with E-state index in [2.05, 4.69) is 12.2 Å². The summed E-state index contributed by atoms with van der Waals surface area (Å²) >= 11 is 0. The number of hydrogen-bond donors (Lipinski definition) is 2. The molecule has 0 aromatic rings. The molecule has 0 heterocycles. The smallest absolute Gasteiger partial charge is 0.0897 e. The van der Waals surface area contributed by atoms with E-state index in [-0.39, 0.29) is 6.10 Å². The Balaban J connectivity index is 3.14. The molecule has 0 rings (SSSR count). The predicted molar refractivity (Wildman–Crippen MR) is 81.1 cm³/mol. The topological polar surface area (TPSA) is 60.0 Å². The highest BCUT2D eigenvalue weighted by Crippen LogP contribution is 1.91. The zero-order valence-corrected chi connectivity index (χ0v) is 13.4. The van der Waals surface area contributed by atoms with Gasteiger partial charge in [-0.05, 0) is 33.2 Å². The first-order chi connectivity index (χ1) is 9.66. The molecule has 0 aliphatic rings. The van der Waals surface area contributed by atoms with Gasteiger partial charge in [-0.25, -0.2) is 0 Å². The Hall–Kier alpha value is -0.200. The van der Waals surface area contributed by atoms with Gasteiger partial charge in [0.2, 0.25) is 0 Å². The zero-order chi connectivity index (χ0) is 15.1. The lowest BCUT2D eigenvalue weighted by Crippen LogP contribution is -2.31. The fourth-order valence-corrected chi connectivity index (χ4v) is 1.54. The normalized spacial score (nSPS) is 13.1. The maximum atomic E-state index is 9.67. The summed E-state index contributed by atoms with van der Waals surface area (Å²) < 4.78 is 16.1. The number of nitrogens with one attached hydrogen (secondary N) is 1. The molecule has 5 nitrogen and oxygen atoms in total. The average molecular weight is 291 g/mol. The van der Waals surface area contributed by atoms with Crippen molar-refractivity contribution in [3.8, 4) is 0 Å². The van der Waals surface area contributed by atoms with Crippen LogP contribution in [0.4, 0.5) is 0 Å². The van der Waals surface area contributed by atoms with Crippen molar-refractivity contribution in [1.29, 1.82) is 0 Å². The number of aliphatic hydroxyl groups excluding tert-OH is 1. The molecule has 0 aliphatic carbocycles. The van der Waals surface area contributed by atoms with Crippen molar-refractivity contribution < 1.29 is 19.3 Å². The monoisotopic (exact) mass is 291 g/mol. The lowest BCUT2D eigenvalue weighted by molar-refractivity contribution is -0.0100. The highest BCUT2D eigenvalue weighted by atomic mass is 16.5. The van der Waals surface area contributed by atoms with E-state index in [0.717, 1.165) is 32.6 Å². The van der Waals surface area contributed by atoms with E-state index in [9.17, 15) is 5.11 Å². The third kappa shape index (κ3) is 15.9. The number of hydrogen-bond acceptors (Lipinski definition) is 5. The summed E-state index contributed by atoms with van der Waals surface area (Å²) in [6.45, 7) is 10.6. The summed E-state index contributed by atoms with van der Waals surface area (Å²) in [6, 6.07) is 0. The fraction of sp³-hybridized carbons (Fsp3) is 1.00. The number of unbranched alkanes of at least 4 members (excludes halogenated alkanes) is 1. The number of ether oxygens (including phenoxy) is 3. The molecule has 0 bridgehead atoms. The van der Waals surface area contributed by atoms with Crippen LogP contribution in [0, 0.1) is 0 Å². The third-order valence-corrected chi connectivity index (χ3v) is 2.65. The molecule has 20 heavy (non-hydrogen) atoms. The lowest BCUT2D eigenvalue weighted by atomic mass is 10.3. The van der Waals surface area contributed by atoms with Crippen LogP contribution in [0.15, 0.2) is 0 Å². The summed E-state index contributed by atoms with van der Waals surface area (Å²) in [5.74, 6) is 0. The summed E-state index contributed by atoms with van der Waals surface area (Å²) in [5.41, 5.74) is 0. The number of aliphatic hydroxyl groups is 1. The van der Waals surface area contributed by atoms with Gasteiger partial charge in [0.25, 0.3) is 0 Å². The van der Waals surface area contributed by atoms with Gasteiger partial charge in [0.15, 0.2) is 0 Å². The van der Waals surface area contributed by atoms with Gasteiger partial charge in [-0.15, -0.1) is 0 Å². The molecule has 1 atom stereocenters. The lowest BCUT2D eigenvalue weighted by Gasteiger charge is -2.13. The van der Waals surface area contributed by atoms with Crippen LogP contribution >= 0.6 is 0 Å². The molecular formula is C15H33NO4. The maximum absolute atomic E-state index is 9.67. The van der Waals surface area contributed by atoms with E-state index in [1.807, 2.05) is 13.8 Å². The average Bonchev–Trinajstić information content (AvgIpc) is 2.41. The van der Waals surface area contributed by atoms with Crippen molar-refractivity contribution in [2.45, 2.75) is 52.2 Å². The summed E-state index contributed by atoms with van der Waals surface area (Å²) in [6.07, 6.45) is 3.04. The van der Waals surface area contributed by atoms with Gasteiger partial charge < -0.3 is 24.6 Å². The molecule has 5 heteroatoms. The SMILES string of the molecule is CCCCOCCCNCC(O)COCCOC(C)C. The van der Waals surface area contributed by atoms with E-state index < -0.39 is 6.10 Å². The second-order valence-electron chi connectivity index (χ2n) is 5.17. The van der Waals surface area contributed by atoms with Gasteiger partial charge >= 0.3 is 0 Å². The molecule has 0 aromatic heterocycles. The van der Waals surface area contributed by atoms with E-state index in [1.165, 1.54) is 6.42 Å². The molecule has 0 amide bonds. The first-order valence-corrected chi connectivity index (χ1v) is 7.82. The molecule has 0 saturated heterocycles. The fourth-order valence-electron chi connectivity index (χ4n) is 1.54. The van der Waals surface area contributed by atoms with Crippen LogP contribution in [0.25, 0.3) is 0 Å². The summed E-state index contributed by atoms with van der Waals surface area (Å²) in [5, 5.41) is 12.9. The molecule has 122 valence electrons. The quantitative estimate of drug-likeness (QED) is 0.449. The Morgan fingerprint density at radius 2 is 1.75 bits per heavy atom. The van der Waals surface area contributed by atoms with Gasteiger partial charge in [-0.3, -0.25) is 0 Å². The maximum Gasteiger partial charge on any atom is 0.0897 e. The van der Waals surface area contributed by atoms with Crippen LogP contribution in [0.1, 0.15) is 40.0 Å². The van der Waals surface area contributed by atoms with Crippen LogP contribution in [0.2, 0.25) is 0 Å². The van der Waals surface area contributed by atoms with Gasteiger partial charge in [-0.2, -0.15) is 0 Å². The minimum Gasteiger partial charge on any atom is -0.389 e. The van der Waals surface area contributed by atoms with Crippen LogP contribution in [0.3, 0.4) is 0 Å². The van der Waals surface area contributed by atoms with Crippen LogP contribution in [-0.4, -0.2) is 63.4 Å². The van der Waals surface area contributed by atoms with E-state index in [1.54, 1.807) is 0 Å². The molecule has 0 aromatic carbocycles. The predicted octanol–water partition coefficient (Wildman–Crippen LogP) is 1.59. The first kappa shape index (κ1) is 19.8. The Bertz CT molecular complexity index is 191. The Labute approximate surface area is 124 Å². The minimum atomic E-state index is -0.463. The largest absolute Gasteiger partial charge is 0.389 e. The second kappa shape index (κ2) is 15.2. The van der Waals surface area contributed by atoms with Gasteiger partial charge in [0, 0.05) is 19.8 Å². The van der Waals surface area contributed by atoms with E-state index in [0.29, 0.717) is 26.4 Å². The van der Waals surface area contributed by atoms with Crippen LogP contribution in [-0.2, 0) is 14.2 Å². The Morgan fingerprint density at radius 1 is 1.00 bits per heavy atom. The molecular weight excluding hydrogens is 258 g/mol. The number of rotatable bonds is 15. The second-order valence-corrected chi connectivity index (χ2v) is 5.17. The Morgan fingerprint density at radius 3 is 2.45 bits per heavy atom. The summed E-state index contributed by atoms with van der Waals surface area (Å²) in [4.78, 5) is 0. The molecule has 0 radical (unpaired) electrons. The van der Waals surface area contributed by atoms with Gasteiger partial charge in [0.1, 0.15) is 0 Å². The zero-order valence-electron chi connectivity index (χ0n) is 13.4. The molecule has 0 spiro atoms. The highest BCUT2D eigenvalue weighted by molar-refractivity contribution is 4.58. The first-order valence-electron chi connectivity index (χ1n) is 7.82. The minimum absolute atomic E-state index is 0.227. The van der Waals surface area contributed by atoms with Crippen LogP contribution in [0.5, 0.6) is 0 Å². The van der Waals surface area contributed by atoms with Crippen molar-refractivity contribution >= 4 is 0 Å². The van der Waals surface area contributed by atoms with Crippen LogP contribution < -0.4 is 5.32 Å². The van der Waals surface area contributed by atoms with Crippen molar-refractivity contribution in [2.75, 3.05) is 46.1 Å². The van der Waals surface area contributed by atoms with Crippen molar-refractivity contribution in [3.05, 3.63) is 0 Å². The molecule has 0 aliphatic heterocycles. The van der Waals surface area contributed by atoms with Crippen molar-refractivity contribution in [3.63, 3.8) is 0 Å². The molecule has 2 N–H and O–H groups in total. The van der Waals surface area contributed by atoms with Crippen molar-refractivity contribution in [1.82, 2.24) is 5.32 Å². The summed E-state index contributed by atoms with van der Waals surface area (Å²) in [7, 11) is 0. The Kier molecular flexibility index (Phi) is 15.0. The molecule has 0 saturated carbocycles. The highest BCUT2D eigenvalue weighted by Gasteiger charge is 2.03. The van der Waals surface area contributed by atoms with E-state index >= 15 is 0 Å². The molecule has 0 fully saturated rings. The molecule has 1 unspecified atom stereocenters.